The fourth-order valence-corrected chi connectivity index (χ4v) is 2.45. The number of nitrogens with one attached hydrogen (secondary N) is 1. The highest BCUT2D eigenvalue weighted by atomic mass is 19.4. The van der Waals surface area contributed by atoms with Crippen LogP contribution in [0.15, 0.2) is 21.6 Å². The Kier molecular flexibility index (Phi) is 3.22. The second-order valence-electron chi connectivity index (χ2n) is 5.80. The number of aromatic amines is 1. The first kappa shape index (κ1) is 14.9. The number of aromatic nitrogens is 5. The predicted octanol–water partition coefficient (Wildman–Crippen LogP) is 2.14. The minimum Gasteiger partial charge on any atom is -0.445 e. The van der Waals surface area contributed by atoms with Crippen LogP contribution in [0.25, 0.3) is 11.0 Å². The van der Waals surface area contributed by atoms with Gasteiger partial charge in [0, 0.05) is 5.92 Å². The quantitative estimate of drug-likeness (QED) is 0.786. The second-order valence-corrected chi connectivity index (χ2v) is 5.80. The Morgan fingerprint density at radius 1 is 1.38 bits per heavy atom. The lowest BCUT2D eigenvalue weighted by Gasteiger charge is -2.04. The van der Waals surface area contributed by atoms with Gasteiger partial charge in [-0.05, 0) is 12.8 Å². The van der Waals surface area contributed by atoms with Gasteiger partial charge in [-0.1, -0.05) is 0 Å². The lowest BCUT2D eigenvalue weighted by molar-refractivity contribution is -0.142. The van der Waals surface area contributed by atoms with Gasteiger partial charge in [0.2, 0.25) is 0 Å². The normalized spacial score (nSPS) is 15.3. The van der Waals surface area contributed by atoms with Crippen molar-refractivity contribution in [2.45, 2.75) is 37.9 Å². The first-order valence-corrected chi connectivity index (χ1v) is 7.35. The summed E-state index contributed by atoms with van der Waals surface area (Å²) in [5.74, 6) is 1.87. The maximum absolute atomic E-state index is 12.4. The van der Waals surface area contributed by atoms with Crippen LogP contribution < -0.4 is 5.56 Å². The third-order valence-electron chi connectivity index (χ3n) is 3.65. The summed E-state index contributed by atoms with van der Waals surface area (Å²) in [5, 5.41) is 3.64. The molecule has 10 heteroatoms. The van der Waals surface area contributed by atoms with Crippen LogP contribution in [0.2, 0.25) is 0 Å². The average molecular weight is 339 g/mol. The van der Waals surface area contributed by atoms with E-state index in [9.17, 15) is 18.0 Å². The fourth-order valence-electron chi connectivity index (χ4n) is 2.45. The Labute approximate surface area is 132 Å². The van der Waals surface area contributed by atoms with Crippen LogP contribution in [0.4, 0.5) is 13.2 Å². The van der Waals surface area contributed by atoms with Gasteiger partial charge in [-0.25, -0.2) is 9.97 Å². The number of nitrogens with zero attached hydrogens (tertiary/aromatic N) is 4. The number of H-pyrrole nitrogens is 1. The summed E-state index contributed by atoms with van der Waals surface area (Å²) in [6.07, 6.45) is 0.577. The Morgan fingerprint density at radius 3 is 2.88 bits per heavy atom. The first-order valence-electron chi connectivity index (χ1n) is 7.35. The number of fused-ring (bicyclic) bond motifs is 1. The van der Waals surface area contributed by atoms with Crippen LogP contribution >= 0.6 is 0 Å². The standard InChI is InChI=1S/C14H12F3N5O2/c15-14(16,17)6-22-5-9-11(21-22)12(23)20-10(19-9)3-8-4-18-13(24-8)7-1-2-7/h4-5,7H,1-3,6H2,(H,19,20,23). The van der Waals surface area contributed by atoms with Gasteiger partial charge in [0.05, 0.1) is 18.8 Å². The number of halogens is 3. The third-order valence-corrected chi connectivity index (χ3v) is 3.65. The van der Waals surface area contributed by atoms with Crippen molar-refractivity contribution >= 4 is 11.0 Å². The molecule has 1 aliphatic carbocycles. The molecule has 24 heavy (non-hydrogen) atoms. The molecule has 3 heterocycles. The van der Waals surface area contributed by atoms with E-state index in [1.54, 1.807) is 6.20 Å². The van der Waals surface area contributed by atoms with E-state index in [0.29, 0.717) is 22.3 Å². The Bertz CT molecular complexity index is 951. The summed E-state index contributed by atoms with van der Waals surface area (Å²) in [6, 6.07) is 0. The molecule has 0 aliphatic heterocycles. The summed E-state index contributed by atoms with van der Waals surface area (Å²) in [7, 11) is 0. The fraction of sp³-hybridized carbons (Fsp3) is 0.429. The number of oxazole rings is 1. The van der Waals surface area contributed by atoms with Crippen molar-refractivity contribution in [3.63, 3.8) is 0 Å². The number of hydrogen-bond acceptors (Lipinski definition) is 5. The van der Waals surface area contributed by atoms with E-state index in [4.69, 9.17) is 4.42 Å². The molecule has 3 aromatic heterocycles. The molecule has 4 rings (SSSR count). The van der Waals surface area contributed by atoms with Crippen molar-refractivity contribution in [1.29, 1.82) is 0 Å². The van der Waals surface area contributed by atoms with Crippen LogP contribution in [0.5, 0.6) is 0 Å². The van der Waals surface area contributed by atoms with E-state index in [0.717, 1.165) is 19.0 Å². The van der Waals surface area contributed by atoms with Crippen molar-refractivity contribution in [3.05, 3.63) is 40.2 Å². The van der Waals surface area contributed by atoms with Gasteiger partial charge in [-0.3, -0.25) is 9.48 Å². The highest BCUT2D eigenvalue weighted by Gasteiger charge is 2.29. The average Bonchev–Trinajstić information content (AvgIpc) is 3.09. The highest BCUT2D eigenvalue weighted by molar-refractivity contribution is 5.72. The largest absolute Gasteiger partial charge is 0.445 e. The highest BCUT2D eigenvalue weighted by Crippen LogP contribution is 2.39. The maximum atomic E-state index is 12.4. The number of hydrogen-bond donors (Lipinski definition) is 1. The monoisotopic (exact) mass is 339 g/mol. The van der Waals surface area contributed by atoms with Gasteiger partial charge in [0.1, 0.15) is 23.6 Å². The third kappa shape index (κ3) is 3.03. The van der Waals surface area contributed by atoms with Crippen LogP contribution in [0.3, 0.4) is 0 Å². The zero-order valence-corrected chi connectivity index (χ0v) is 12.3. The van der Waals surface area contributed by atoms with Crippen molar-refractivity contribution < 1.29 is 17.6 Å². The minimum atomic E-state index is -4.42. The molecule has 0 spiro atoms. The molecule has 0 bridgehead atoms. The zero-order chi connectivity index (χ0) is 16.9. The van der Waals surface area contributed by atoms with Crippen molar-refractivity contribution in [2.24, 2.45) is 0 Å². The van der Waals surface area contributed by atoms with Crippen LogP contribution in [0, 0.1) is 0 Å². The molecule has 3 aromatic rings. The smallest absolute Gasteiger partial charge is 0.408 e. The Morgan fingerprint density at radius 2 is 2.17 bits per heavy atom. The van der Waals surface area contributed by atoms with Gasteiger partial charge in [0.15, 0.2) is 11.4 Å². The van der Waals surface area contributed by atoms with E-state index in [1.807, 2.05) is 0 Å². The summed E-state index contributed by atoms with van der Waals surface area (Å²) >= 11 is 0. The van der Waals surface area contributed by atoms with E-state index in [-0.39, 0.29) is 23.3 Å². The van der Waals surface area contributed by atoms with Crippen LogP contribution in [0.1, 0.15) is 36.2 Å². The number of rotatable bonds is 4. The van der Waals surface area contributed by atoms with Gasteiger partial charge < -0.3 is 9.40 Å². The predicted molar refractivity (Wildman–Crippen MR) is 75.5 cm³/mol. The SMILES string of the molecule is O=c1[nH]c(Cc2cnc(C3CC3)o2)nc2cn(CC(F)(F)F)nc12. The molecule has 0 saturated heterocycles. The van der Waals surface area contributed by atoms with Gasteiger partial charge in [-0.2, -0.15) is 18.3 Å². The van der Waals surface area contributed by atoms with E-state index >= 15 is 0 Å². The molecule has 1 N–H and O–H groups in total. The molecular formula is C14H12F3N5O2. The zero-order valence-electron chi connectivity index (χ0n) is 12.3. The van der Waals surface area contributed by atoms with E-state index in [1.165, 1.54) is 0 Å². The summed E-state index contributed by atoms with van der Waals surface area (Å²) in [5.41, 5.74) is -0.600. The first-order chi connectivity index (χ1) is 11.4. The molecule has 0 unspecified atom stereocenters. The molecule has 0 amide bonds. The summed E-state index contributed by atoms with van der Waals surface area (Å²) in [4.78, 5) is 22.8. The summed E-state index contributed by atoms with van der Waals surface area (Å²) < 4.78 is 43.5. The molecule has 126 valence electrons. The van der Waals surface area contributed by atoms with Gasteiger partial charge in [-0.15, -0.1) is 0 Å². The second kappa shape index (κ2) is 5.18. The van der Waals surface area contributed by atoms with Crippen molar-refractivity contribution in [2.75, 3.05) is 0 Å². The molecule has 1 fully saturated rings. The van der Waals surface area contributed by atoms with E-state index in [2.05, 4.69) is 20.1 Å². The lowest BCUT2D eigenvalue weighted by Crippen LogP contribution is -2.18. The summed E-state index contributed by atoms with van der Waals surface area (Å²) in [6.45, 7) is -1.27. The number of alkyl halides is 3. The minimum absolute atomic E-state index is 0.111. The van der Waals surface area contributed by atoms with Gasteiger partial charge >= 0.3 is 6.18 Å². The van der Waals surface area contributed by atoms with Crippen molar-refractivity contribution in [1.82, 2.24) is 24.7 Å². The Hall–Kier alpha value is -2.65. The molecule has 1 saturated carbocycles. The van der Waals surface area contributed by atoms with Crippen molar-refractivity contribution in [3.8, 4) is 0 Å². The topological polar surface area (TPSA) is 89.6 Å². The van der Waals surface area contributed by atoms with Crippen LogP contribution in [-0.2, 0) is 13.0 Å². The maximum Gasteiger partial charge on any atom is 0.408 e. The van der Waals surface area contributed by atoms with E-state index < -0.39 is 18.3 Å². The molecule has 7 nitrogen and oxygen atoms in total. The molecule has 1 aliphatic rings. The molecule has 0 radical (unpaired) electrons. The lowest BCUT2D eigenvalue weighted by atomic mass is 10.3. The molecule has 0 atom stereocenters. The Balaban J connectivity index is 1.62. The molecular weight excluding hydrogens is 327 g/mol. The van der Waals surface area contributed by atoms with Crippen LogP contribution in [-0.4, -0.2) is 30.9 Å². The van der Waals surface area contributed by atoms with Gasteiger partial charge in [0.25, 0.3) is 5.56 Å². The molecule has 0 aromatic carbocycles.